The summed E-state index contributed by atoms with van der Waals surface area (Å²) in [5, 5.41) is 10.7. The molecule has 3 aromatic heterocycles. The highest BCUT2D eigenvalue weighted by molar-refractivity contribution is 14.1. The van der Waals surface area contributed by atoms with E-state index in [2.05, 4.69) is 43.0 Å². The van der Waals surface area contributed by atoms with Gasteiger partial charge in [-0.1, -0.05) is 0 Å². The lowest BCUT2D eigenvalue weighted by Gasteiger charge is -2.12. The summed E-state index contributed by atoms with van der Waals surface area (Å²) < 4.78 is 6.36. The number of H-pyrrole nitrogens is 4. The molecule has 0 saturated heterocycles. The van der Waals surface area contributed by atoms with Gasteiger partial charge in [0.2, 0.25) is 0 Å². The monoisotopic (exact) mass is 400 g/mol. The van der Waals surface area contributed by atoms with Gasteiger partial charge in [0.25, 0.3) is 11.1 Å². The Bertz CT molecular complexity index is 841. The molecule has 21 heavy (non-hydrogen) atoms. The molecule has 0 aromatic carbocycles. The first-order chi connectivity index (χ1) is 9.99. The predicted molar refractivity (Wildman–Crippen MR) is 84.7 cm³/mol. The molecule has 0 unspecified atom stereocenters. The fraction of sp³-hybridized carbons (Fsp3) is 0.231. The number of halogens is 1. The summed E-state index contributed by atoms with van der Waals surface area (Å²) in [4.78, 5) is 24.3. The molecule has 7 nitrogen and oxygen atoms in total. The molecule has 0 spiro atoms. The molecule has 3 aromatic rings. The largest absolute Gasteiger partial charge is 0.454 e. The summed E-state index contributed by atoms with van der Waals surface area (Å²) in [6, 6.07) is 3.58. The van der Waals surface area contributed by atoms with Gasteiger partial charge in [0.1, 0.15) is 5.76 Å². The van der Waals surface area contributed by atoms with Gasteiger partial charge in [-0.25, -0.2) is 0 Å². The maximum atomic E-state index is 12.1. The molecule has 3 rings (SSSR count). The number of rotatable bonds is 3. The molecule has 8 heteroatoms. The van der Waals surface area contributed by atoms with Crippen molar-refractivity contribution in [3.8, 4) is 0 Å². The Morgan fingerprint density at radius 3 is 1.81 bits per heavy atom. The van der Waals surface area contributed by atoms with E-state index in [1.165, 1.54) is 0 Å². The van der Waals surface area contributed by atoms with E-state index in [0.29, 0.717) is 32.0 Å². The van der Waals surface area contributed by atoms with Crippen LogP contribution < -0.4 is 11.1 Å². The van der Waals surface area contributed by atoms with Gasteiger partial charge in [-0.3, -0.25) is 19.8 Å². The van der Waals surface area contributed by atoms with Crippen LogP contribution in [-0.4, -0.2) is 20.4 Å². The maximum absolute atomic E-state index is 12.1. The Morgan fingerprint density at radius 1 is 0.952 bits per heavy atom. The molecule has 0 amide bonds. The van der Waals surface area contributed by atoms with Gasteiger partial charge >= 0.3 is 0 Å². The van der Waals surface area contributed by atoms with Crippen LogP contribution in [0.15, 0.2) is 26.1 Å². The summed E-state index contributed by atoms with van der Waals surface area (Å²) in [6.45, 7) is 3.56. The van der Waals surface area contributed by atoms with Crippen LogP contribution in [0.25, 0.3) is 0 Å². The van der Waals surface area contributed by atoms with E-state index in [1.807, 2.05) is 0 Å². The lowest BCUT2D eigenvalue weighted by Crippen LogP contribution is -2.19. The van der Waals surface area contributed by atoms with Gasteiger partial charge in [0, 0.05) is 11.4 Å². The van der Waals surface area contributed by atoms with E-state index in [-0.39, 0.29) is 11.1 Å². The first-order valence-electron chi connectivity index (χ1n) is 6.28. The van der Waals surface area contributed by atoms with Crippen LogP contribution in [0.2, 0.25) is 0 Å². The van der Waals surface area contributed by atoms with Crippen LogP contribution in [0.3, 0.4) is 0 Å². The number of hydrogen-bond acceptors (Lipinski definition) is 3. The zero-order valence-corrected chi connectivity index (χ0v) is 13.5. The zero-order chi connectivity index (χ0) is 15.1. The summed E-state index contributed by atoms with van der Waals surface area (Å²) >= 11 is 2.05. The molecule has 0 aliphatic rings. The average Bonchev–Trinajstić information content (AvgIpc) is 3.09. The molecule has 0 aliphatic heterocycles. The number of aryl methyl sites for hydroxylation is 2. The first-order valence-corrected chi connectivity index (χ1v) is 7.36. The second-order valence-corrected chi connectivity index (χ2v) is 5.87. The lowest BCUT2D eigenvalue weighted by molar-refractivity contribution is 0.478. The van der Waals surface area contributed by atoms with Crippen molar-refractivity contribution in [1.82, 2.24) is 20.4 Å². The van der Waals surface area contributed by atoms with E-state index in [9.17, 15) is 9.59 Å². The van der Waals surface area contributed by atoms with E-state index in [4.69, 9.17) is 4.42 Å². The number of aromatic amines is 4. The molecule has 110 valence electrons. The van der Waals surface area contributed by atoms with Crippen molar-refractivity contribution in [3.05, 3.63) is 64.9 Å². The molecule has 3 heterocycles. The van der Waals surface area contributed by atoms with Crippen LogP contribution in [-0.2, 0) is 0 Å². The second-order valence-electron chi connectivity index (χ2n) is 4.81. The minimum Gasteiger partial charge on any atom is -0.454 e. The minimum atomic E-state index is -0.557. The molecular weight excluding hydrogens is 387 g/mol. The SMILES string of the molecule is Cc1[nH][nH]c(=O)c1C(c1ccc(I)o1)c1c(C)[nH][nH]c1=O. The van der Waals surface area contributed by atoms with Crippen LogP contribution in [0.1, 0.15) is 34.2 Å². The Kier molecular flexibility index (Phi) is 3.40. The van der Waals surface area contributed by atoms with Gasteiger partial charge in [0.05, 0.1) is 17.0 Å². The molecule has 0 bridgehead atoms. The fourth-order valence-corrected chi connectivity index (χ4v) is 2.95. The smallest absolute Gasteiger partial charge is 0.268 e. The highest BCUT2D eigenvalue weighted by Gasteiger charge is 2.30. The fourth-order valence-electron chi connectivity index (χ4n) is 2.52. The van der Waals surface area contributed by atoms with Gasteiger partial charge in [-0.15, -0.1) is 0 Å². The standard InChI is InChI=1S/C13H13IN4O3/c1-5-9(12(19)17-15-5)11(7-3-4-8(14)21-7)10-6(2)16-18-13(10)20/h3-4,11H,1-2H3,(H2,15,17,19)(H2,16,18,20). The molecule has 0 saturated carbocycles. The van der Waals surface area contributed by atoms with E-state index < -0.39 is 5.92 Å². The van der Waals surface area contributed by atoms with Crippen molar-refractivity contribution in [2.45, 2.75) is 19.8 Å². The highest BCUT2D eigenvalue weighted by Crippen LogP contribution is 2.32. The van der Waals surface area contributed by atoms with Crippen LogP contribution in [0, 0.1) is 17.6 Å². The van der Waals surface area contributed by atoms with Gasteiger partial charge in [0.15, 0.2) is 3.77 Å². The molecule has 0 atom stereocenters. The predicted octanol–water partition coefficient (Wildman–Crippen LogP) is 1.71. The van der Waals surface area contributed by atoms with E-state index in [0.717, 1.165) is 0 Å². The Morgan fingerprint density at radius 2 is 1.48 bits per heavy atom. The molecule has 4 N–H and O–H groups in total. The molecular formula is C13H13IN4O3. The average molecular weight is 400 g/mol. The Labute approximate surface area is 132 Å². The van der Waals surface area contributed by atoms with Crippen LogP contribution >= 0.6 is 22.6 Å². The summed E-state index contributed by atoms with van der Waals surface area (Å²) in [5.41, 5.74) is 1.79. The maximum Gasteiger partial charge on any atom is 0.268 e. The van der Waals surface area contributed by atoms with Crippen molar-refractivity contribution in [2.24, 2.45) is 0 Å². The van der Waals surface area contributed by atoms with Crippen molar-refractivity contribution in [1.29, 1.82) is 0 Å². The minimum absolute atomic E-state index is 0.260. The number of furan rings is 1. The second kappa shape index (κ2) is 5.10. The number of aromatic nitrogens is 4. The van der Waals surface area contributed by atoms with Crippen molar-refractivity contribution in [2.75, 3.05) is 0 Å². The third kappa shape index (κ3) is 2.28. The summed E-state index contributed by atoms with van der Waals surface area (Å²) in [7, 11) is 0. The molecule has 0 aliphatic carbocycles. The number of hydrogen-bond donors (Lipinski definition) is 4. The van der Waals surface area contributed by atoms with Crippen molar-refractivity contribution < 1.29 is 4.42 Å². The Hall–Kier alpha value is -1.97. The van der Waals surface area contributed by atoms with Crippen LogP contribution in [0.4, 0.5) is 0 Å². The zero-order valence-electron chi connectivity index (χ0n) is 11.3. The Balaban J connectivity index is 2.31. The number of nitrogens with one attached hydrogen (secondary N) is 4. The molecule has 0 radical (unpaired) electrons. The van der Waals surface area contributed by atoms with Gasteiger partial charge < -0.3 is 14.6 Å². The topological polar surface area (TPSA) is 110 Å². The van der Waals surface area contributed by atoms with Gasteiger partial charge in [-0.2, -0.15) is 0 Å². The van der Waals surface area contributed by atoms with Crippen molar-refractivity contribution >= 4 is 22.6 Å². The van der Waals surface area contributed by atoms with Crippen LogP contribution in [0.5, 0.6) is 0 Å². The lowest BCUT2D eigenvalue weighted by atomic mass is 9.89. The van der Waals surface area contributed by atoms with Gasteiger partial charge in [-0.05, 0) is 48.6 Å². The summed E-state index contributed by atoms with van der Waals surface area (Å²) in [6.07, 6.45) is 0. The first kappa shape index (κ1) is 14.0. The normalized spacial score (nSPS) is 11.4. The quantitative estimate of drug-likeness (QED) is 0.503. The summed E-state index contributed by atoms with van der Waals surface area (Å²) in [5.74, 6) is -0.000633. The molecule has 0 fully saturated rings. The van der Waals surface area contributed by atoms with E-state index in [1.54, 1.807) is 26.0 Å². The van der Waals surface area contributed by atoms with Crippen molar-refractivity contribution in [3.63, 3.8) is 0 Å². The third-order valence-corrected chi connectivity index (χ3v) is 4.06. The highest BCUT2D eigenvalue weighted by atomic mass is 127. The third-order valence-electron chi connectivity index (χ3n) is 3.48. The van der Waals surface area contributed by atoms with E-state index >= 15 is 0 Å².